The number of anilines is 1. The molecule has 2 aromatic rings. The van der Waals surface area contributed by atoms with Gasteiger partial charge in [-0.1, -0.05) is 11.6 Å². The van der Waals surface area contributed by atoms with Crippen molar-refractivity contribution in [2.24, 2.45) is 0 Å². The molecule has 4 rings (SSSR count). The van der Waals surface area contributed by atoms with Gasteiger partial charge >= 0.3 is 0 Å². The summed E-state index contributed by atoms with van der Waals surface area (Å²) in [6.45, 7) is 3.67. The Kier molecular flexibility index (Phi) is 6.40. The van der Waals surface area contributed by atoms with Crippen molar-refractivity contribution in [1.82, 2.24) is 14.4 Å². The lowest BCUT2D eigenvalue weighted by molar-refractivity contribution is -0.130. The monoisotopic (exact) mass is 455 g/mol. The summed E-state index contributed by atoms with van der Waals surface area (Å²) in [4.78, 5) is 31.7. The van der Waals surface area contributed by atoms with Gasteiger partial charge in [-0.25, -0.2) is 0 Å². The fourth-order valence-electron chi connectivity index (χ4n) is 4.22. The molecular weight excluding hydrogens is 430 g/mol. The second kappa shape index (κ2) is 9.23. The van der Waals surface area contributed by atoms with Gasteiger partial charge in [-0.15, -0.1) is 0 Å². The minimum atomic E-state index is -0.304. The van der Waals surface area contributed by atoms with Gasteiger partial charge in [-0.2, -0.15) is 5.26 Å². The third-order valence-electron chi connectivity index (χ3n) is 5.88. The molecule has 0 bridgehead atoms. The molecule has 1 aromatic heterocycles. The van der Waals surface area contributed by atoms with Gasteiger partial charge in [0.15, 0.2) is 5.76 Å². The lowest BCUT2D eigenvalue weighted by Gasteiger charge is -2.37. The molecule has 0 N–H and O–H groups in total. The zero-order valence-electron chi connectivity index (χ0n) is 18.3. The van der Waals surface area contributed by atoms with E-state index in [9.17, 15) is 14.9 Å². The van der Waals surface area contributed by atoms with E-state index >= 15 is 0 Å². The molecule has 9 heteroatoms. The average Bonchev–Trinajstić information content (AvgIpc) is 3.32. The quantitative estimate of drug-likeness (QED) is 0.686. The van der Waals surface area contributed by atoms with Crippen molar-refractivity contribution in [3.05, 3.63) is 51.0 Å². The highest BCUT2D eigenvalue weighted by molar-refractivity contribution is 6.31. The van der Waals surface area contributed by atoms with E-state index in [4.69, 9.17) is 16.3 Å². The molecule has 0 saturated carbocycles. The summed E-state index contributed by atoms with van der Waals surface area (Å²) in [5, 5.41) is 11.2. The van der Waals surface area contributed by atoms with Crippen LogP contribution < -0.4 is 10.5 Å². The van der Waals surface area contributed by atoms with Crippen LogP contribution in [0.3, 0.4) is 0 Å². The minimum absolute atomic E-state index is 0.102. The Labute approximate surface area is 191 Å². The van der Waals surface area contributed by atoms with Gasteiger partial charge < -0.3 is 24.0 Å². The number of carbonyl (C=O) groups is 1. The normalized spacial score (nSPS) is 16.3. The number of carbonyl (C=O) groups excluding carboxylic acids is 1. The standard InChI is InChI=1S/C23H26ClN5O3/c1-26(2)7-12-29-19-6-5-16(24)14-17(19)21(18(15-25)22(29)30)27-8-10-28(11-9-27)23(31)20-4-3-13-32-20/h4-6,14H,3,7-13H2,1-2H3. The van der Waals surface area contributed by atoms with Gasteiger partial charge in [0.1, 0.15) is 11.6 Å². The largest absolute Gasteiger partial charge is 0.488 e. The molecule has 2 aliphatic heterocycles. The van der Waals surface area contributed by atoms with E-state index in [0.717, 1.165) is 17.3 Å². The number of fused-ring (bicyclic) bond motifs is 1. The highest BCUT2D eigenvalue weighted by atomic mass is 35.5. The fourth-order valence-corrected chi connectivity index (χ4v) is 4.39. The summed E-state index contributed by atoms with van der Waals surface area (Å²) >= 11 is 6.31. The number of rotatable bonds is 5. The summed E-state index contributed by atoms with van der Waals surface area (Å²) in [6.07, 6.45) is 2.58. The first-order valence-electron chi connectivity index (χ1n) is 10.7. The maximum atomic E-state index is 13.3. The van der Waals surface area contributed by atoms with Crippen molar-refractivity contribution < 1.29 is 9.53 Å². The van der Waals surface area contributed by atoms with Crippen LogP contribution in [0, 0.1) is 11.3 Å². The summed E-state index contributed by atoms with van der Waals surface area (Å²) in [6, 6.07) is 7.55. The molecule has 0 spiro atoms. The SMILES string of the molecule is CN(C)CCn1c(=O)c(C#N)c(N2CCN(C(=O)C3=CCCO3)CC2)c2cc(Cl)ccc21. The molecule has 168 valence electrons. The molecule has 0 atom stereocenters. The van der Waals surface area contributed by atoms with Crippen molar-refractivity contribution in [3.63, 3.8) is 0 Å². The number of ether oxygens (including phenoxy) is 1. The summed E-state index contributed by atoms with van der Waals surface area (Å²) in [5.74, 6) is 0.312. The molecule has 8 nitrogen and oxygen atoms in total. The summed E-state index contributed by atoms with van der Waals surface area (Å²) in [7, 11) is 3.88. The lowest BCUT2D eigenvalue weighted by atomic mass is 10.1. The predicted octanol–water partition coefficient (Wildman–Crippen LogP) is 2.04. The number of nitriles is 1. The summed E-state index contributed by atoms with van der Waals surface area (Å²) < 4.78 is 7.06. The van der Waals surface area contributed by atoms with Gasteiger partial charge in [-0.3, -0.25) is 9.59 Å². The van der Waals surface area contributed by atoms with Crippen molar-refractivity contribution >= 4 is 34.1 Å². The van der Waals surface area contributed by atoms with E-state index in [0.29, 0.717) is 62.3 Å². The second-order valence-corrected chi connectivity index (χ2v) is 8.68. The van der Waals surface area contributed by atoms with Crippen molar-refractivity contribution in [2.75, 3.05) is 58.3 Å². The average molecular weight is 456 g/mol. The van der Waals surface area contributed by atoms with Crippen LogP contribution >= 0.6 is 11.6 Å². The molecule has 1 amide bonds. The minimum Gasteiger partial charge on any atom is -0.488 e. The Morgan fingerprint density at radius 3 is 2.62 bits per heavy atom. The van der Waals surface area contributed by atoms with E-state index in [1.165, 1.54) is 0 Å². The molecule has 0 radical (unpaired) electrons. The number of nitrogens with zero attached hydrogens (tertiary/aromatic N) is 5. The highest BCUT2D eigenvalue weighted by Crippen LogP contribution is 2.32. The molecule has 3 heterocycles. The maximum absolute atomic E-state index is 13.3. The van der Waals surface area contributed by atoms with Crippen LogP contribution in [-0.2, 0) is 16.1 Å². The topological polar surface area (TPSA) is 81.8 Å². The Morgan fingerprint density at radius 2 is 2.00 bits per heavy atom. The zero-order chi connectivity index (χ0) is 22.8. The van der Waals surface area contributed by atoms with Crippen molar-refractivity contribution in [3.8, 4) is 6.07 Å². The van der Waals surface area contributed by atoms with Crippen LogP contribution in [0.4, 0.5) is 5.69 Å². The number of benzene rings is 1. The molecule has 1 fully saturated rings. The van der Waals surface area contributed by atoms with E-state index < -0.39 is 0 Å². The van der Waals surface area contributed by atoms with Crippen LogP contribution in [-0.4, -0.2) is 73.7 Å². The lowest BCUT2D eigenvalue weighted by Crippen LogP contribution is -2.50. The number of aromatic nitrogens is 1. The van der Waals surface area contributed by atoms with Crippen LogP contribution in [0.25, 0.3) is 10.9 Å². The first kappa shape index (κ1) is 22.2. The molecule has 0 aliphatic carbocycles. The molecule has 1 saturated heterocycles. The predicted molar refractivity (Wildman–Crippen MR) is 124 cm³/mol. The summed E-state index contributed by atoms with van der Waals surface area (Å²) in [5.41, 5.74) is 1.15. The molecule has 1 aromatic carbocycles. The molecular formula is C23H26ClN5O3. The smallest absolute Gasteiger partial charge is 0.288 e. The number of halogens is 1. The zero-order valence-corrected chi connectivity index (χ0v) is 19.1. The third-order valence-corrected chi connectivity index (χ3v) is 6.12. The second-order valence-electron chi connectivity index (χ2n) is 8.24. The number of pyridine rings is 1. The van der Waals surface area contributed by atoms with E-state index in [1.54, 1.807) is 15.5 Å². The van der Waals surface area contributed by atoms with Crippen molar-refractivity contribution in [2.45, 2.75) is 13.0 Å². The maximum Gasteiger partial charge on any atom is 0.288 e. The third kappa shape index (κ3) is 4.18. The van der Waals surface area contributed by atoms with Crippen LogP contribution in [0.15, 0.2) is 34.8 Å². The van der Waals surface area contributed by atoms with Gasteiger partial charge in [-0.05, 0) is 38.4 Å². The Morgan fingerprint density at radius 1 is 1.25 bits per heavy atom. The number of hydrogen-bond donors (Lipinski definition) is 0. The fraction of sp³-hybridized carbons (Fsp3) is 0.435. The molecule has 0 unspecified atom stereocenters. The number of piperazine rings is 1. The van der Waals surface area contributed by atoms with E-state index in [2.05, 4.69) is 6.07 Å². The Bertz CT molecular complexity index is 1170. The van der Waals surface area contributed by atoms with Gasteiger partial charge in [0.05, 0.1) is 17.8 Å². The highest BCUT2D eigenvalue weighted by Gasteiger charge is 2.29. The van der Waals surface area contributed by atoms with Crippen LogP contribution in [0.1, 0.15) is 12.0 Å². The van der Waals surface area contributed by atoms with E-state index in [-0.39, 0.29) is 17.0 Å². The van der Waals surface area contributed by atoms with Crippen molar-refractivity contribution in [1.29, 1.82) is 5.26 Å². The van der Waals surface area contributed by atoms with Gasteiger partial charge in [0.2, 0.25) is 0 Å². The Hall–Kier alpha value is -3.02. The first-order valence-corrected chi connectivity index (χ1v) is 11.1. The van der Waals surface area contributed by atoms with Gasteiger partial charge in [0, 0.05) is 56.1 Å². The van der Waals surface area contributed by atoms with E-state index in [1.807, 2.05) is 42.1 Å². The number of amides is 1. The first-order chi connectivity index (χ1) is 15.4. The molecule has 2 aliphatic rings. The molecule has 32 heavy (non-hydrogen) atoms. The van der Waals surface area contributed by atoms with Crippen LogP contribution in [0.5, 0.6) is 0 Å². The number of likely N-dealkylation sites (N-methyl/N-ethyl adjacent to an activating group) is 1. The van der Waals surface area contributed by atoms with Gasteiger partial charge in [0.25, 0.3) is 11.5 Å². The van der Waals surface area contributed by atoms with Crippen LogP contribution in [0.2, 0.25) is 5.02 Å². The Balaban J connectivity index is 1.70. The number of hydrogen-bond acceptors (Lipinski definition) is 6.